The summed E-state index contributed by atoms with van der Waals surface area (Å²) in [6.07, 6.45) is 8.06. The lowest BCUT2D eigenvalue weighted by atomic mass is 10.2. The molecule has 1 aromatic carbocycles. The molecule has 1 saturated heterocycles. The average molecular weight is 379 g/mol. The van der Waals surface area contributed by atoms with Gasteiger partial charge in [-0.25, -0.2) is 0 Å². The summed E-state index contributed by atoms with van der Waals surface area (Å²) in [5.41, 5.74) is 1.22. The first-order valence-electron chi connectivity index (χ1n) is 8.95. The smallest absolute Gasteiger partial charge is 0.290 e. The van der Waals surface area contributed by atoms with Crippen molar-refractivity contribution in [3.8, 4) is 12.3 Å². The van der Waals surface area contributed by atoms with Gasteiger partial charge in [-0.3, -0.25) is 14.4 Å². The van der Waals surface area contributed by atoms with Crippen molar-refractivity contribution >= 4 is 23.4 Å². The Hall–Kier alpha value is -3.53. The Bertz CT molecular complexity index is 914. The molecule has 1 N–H and O–H groups in total. The van der Waals surface area contributed by atoms with Crippen molar-refractivity contribution in [1.82, 2.24) is 9.80 Å². The highest BCUT2D eigenvalue weighted by Crippen LogP contribution is 2.22. The number of nitrogens with one attached hydrogen (secondary N) is 1. The molecule has 7 heteroatoms. The van der Waals surface area contributed by atoms with Crippen LogP contribution in [0.3, 0.4) is 0 Å². The molecule has 0 saturated carbocycles. The van der Waals surface area contributed by atoms with Gasteiger partial charge in [-0.15, -0.1) is 6.42 Å². The number of anilines is 1. The number of furan rings is 1. The lowest BCUT2D eigenvalue weighted by molar-refractivity contribution is -0.136. The molecule has 0 aliphatic carbocycles. The molecule has 1 aliphatic rings. The summed E-state index contributed by atoms with van der Waals surface area (Å²) in [6.45, 7) is 0.354. The number of carbonyl (C=O) groups excluding carboxylic acids is 3. The van der Waals surface area contributed by atoms with Gasteiger partial charge in [-0.2, -0.15) is 0 Å². The number of amides is 3. The van der Waals surface area contributed by atoms with Crippen molar-refractivity contribution in [1.29, 1.82) is 0 Å². The number of hydrogen-bond donors (Lipinski definition) is 1. The van der Waals surface area contributed by atoms with Gasteiger partial charge in [0.05, 0.1) is 12.8 Å². The zero-order chi connectivity index (χ0) is 20.1. The summed E-state index contributed by atoms with van der Waals surface area (Å²) in [5, 5.41) is 2.73. The highest BCUT2D eigenvalue weighted by molar-refractivity contribution is 5.98. The molecule has 2 aromatic rings. The molecule has 144 valence electrons. The van der Waals surface area contributed by atoms with Crippen LogP contribution in [0.4, 0.5) is 5.69 Å². The fraction of sp³-hybridized carbons (Fsp3) is 0.286. The quantitative estimate of drug-likeness (QED) is 0.805. The Kier molecular flexibility index (Phi) is 5.80. The van der Waals surface area contributed by atoms with E-state index in [0.717, 1.165) is 6.42 Å². The van der Waals surface area contributed by atoms with E-state index >= 15 is 0 Å². The topological polar surface area (TPSA) is 82.9 Å². The van der Waals surface area contributed by atoms with Crippen LogP contribution in [-0.4, -0.2) is 53.7 Å². The summed E-state index contributed by atoms with van der Waals surface area (Å²) in [6, 6.07) is 9.52. The van der Waals surface area contributed by atoms with Crippen LogP contribution < -0.4 is 5.32 Å². The Labute approximate surface area is 163 Å². The summed E-state index contributed by atoms with van der Waals surface area (Å²) < 4.78 is 5.15. The molecule has 0 spiro atoms. The van der Waals surface area contributed by atoms with Crippen molar-refractivity contribution in [2.45, 2.75) is 18.9 Å². The van der Waals surface area contributed by atoms with Gasteiger partial charge in [-0.05, 0) is 43.2 Å². The van der Waals surface area contributed by atoms with Crippen LogP contribution >= 0.6 is 0 Å². The number of likely N-dealkylation sites (N-methyl/N-ethyl adjacent to an activating group) is 1. The first-order chi connectivity index (χ1) is 13.5. The van der Waals surface area contributed by atoms with Crippen molar-refractivity contribution in [3.63, 3.8) is 0 Å². The molecule has 28 heavy (non-hydrogen) atoms. The van der Waals surface area contributed by atoms with Gasteiger partial charge in [0.1, 0.15) is 6.04 Å². The fourth-order valence-electron chi connectivity index (χ4n) is 3.24. The highest BCUT2D eigenvalue weighted by atomic mass is 16.3. The largest absolute Gasteiger partial charge is 0.459 e. The standard InChI is InChI=1S/C21H21N3O4/c1-3-15-7-4-8-16(13-15)22-19(25)14-23(2)20(26)17-9-5-11-24(17)21(27)18-10-6-12-28-18/h1,4,6-8,10,12-13,17H,5,9,11,14H2,2H3,(H,22,25)/t17-/m0/s1. The molecule has 0 unspecified atom stereocenters. The number of carbonyl (C=O) groups is 3. The monoisotopic (exact) mass is 379 g/mol. The molecule has 0 radical (unpaired) electrons. The van der Waals surface area contributed by atoms with Gasteiger partial charge in [0, 0.05) is 24.8 Å². The van der Waals surface area contributed by atoms with E-state index in [2.05, 4.69) is 11.2 Å². The van der Waals surface area contributed by atoms with E-state index in [9.17, 15) is 14.4 Å². The molecular formula is C21H21N3O4. The highest BCUT2D eigenvalue weighted by Gasteiger charge is 2.37. The zero-order valence-electron chi connectivity index (χ0n) is 15.6. The SMILES string of the molecule is C#Cc1cccc(NC(=O)CN(C)C(=O)[C@@H]2CCCN2C(=O)c2ccco2)c1. The molecule has 0 bridgehead atoms. The minimum atomic E-state index is -0.597. The zero-order valence-corrected chi connectivity index (χ0v) is 15.6. The fourth-order valence-corrected chi connectivity index (χ4v) is 3.24. The minimum Gasteiger partial charge on any atom is -0.459 e. The van der Waals surface area contributed by atoms with E-state index in [1.807, 2.05) is 0 Å². The van der Waals surface area contributed by atoms with Gasteiger partial charge in [0.2, 0.25) is 11.8 Å². The van der Waals surface area contributed by atoms with Gasteiger partial charge >= 0.3 is 0 Å². The minimum absolute atomic E-state index is 0.127. The summed E-state index contributed by atoms with van der Waals surface area (Å²) in [5.74, 6) is 1.78. The molecule has 1 aliphatic heterocycles. The van der Waals surface area contributed by atoms with Crippen LogP contribution in [0.15, 0.2) is 47.1 Å². The number of rotatable bonds is 5. The molecule has 3 amide bonds. The van der Waals surface area contributed by atoms with Gasteiger partial charge in [-0.1, -0.05) is 12.0 Å². The van der Waals surface area contributed by atoms with E-state index in [4.69, 9.17) is 10.8 Å². The van der Waals surface area contributed by atoms with Crippen LogP contribution in [-0.2, 0) is 9.59 Å². The second kappa shape index (κ2) is 8.44. The molecule has 2 heterocycles. The van der Waals surface area contributed by atoms with E-state index in [1.54, 1.807) is 43.4 Å². The van der Waals surface area contributed by atoms with E-state index in [-0.39, 0.29) is 30.0 Å². The predicted molar refractivity (Wildman–Crippen MR) is 103 cm³/mol. The predicted octanol–water partition coefficient (Wildman–Crippen LogP) is 1.96. The normalized spacial score (nSPS) is 15.7. The van der Waals surface area contributed by atoms with Crippen LogP contribution in [0.5, 0.6) is 0 Å². The van der Waals surface area contributed by atoms with Crippen LogP contribution in [0.25, 0.3) is 0 Å². The van der Waals surface area contributed by atoms with Crippen molar-refractivity contribution in [2.24, 2.45) is 0 Å². The maximum Gasteiger partial charge on any atom is 0.290 e. The summed E-state index contributed by atoms with van der Waals surface area (Å²) in [7, 11) is 1.55. The number of nitrogens with zero attached hydrogens (tertiary/aromatic N) is 2. The van der Waals surface area contributed by atoms with E-state index in [1.165, 1.54) is 16.1 Å². The first-order valence-corrected chi connectivity index (χ1v) is 8.95. The molecule has 1 aromatic heterocycles. The maximum atomic E-state index is 12.8. The Morgan fingerprint density at radius 2 is 2.14 bits per heavy atom. The third-order valence-corrected chi connectivity index (χ3v) is 4.60. The number of likely N-dealkylation sites (tertiary alicyclic amines) is 1. The van der Waals surface area contributed by atoms with Crippen molar-refractivity contribution in [3.05, 3.63) is 54.0 Å². The summed E-state index contributed by atoms with van der Waals surface area (Å²) >= 11 is 0. The molecular weight excluding hydrogens is 358 g/mol. The Morgan fingerprint density at radius 3 is 2.86 bits per heavy atom. The van der Waals surface area contributed by atoms with Gasteiger partial charge < -0.3 is 19.5 Å². The third-order valence-electron chi connectivity index (χ3n) is 4.60. The second-order valence-corrected chi connectivity index (χ2v) is 6.60. The average Bonchev–Trinajstić information content (AvgIpc) is 3.38. The van der Waals surface area contributed by atoms with Crippen LogP contribution in [0.2, 0.25) is 0 Å². The number of terminal acetylenes is 1. The molecule has 3 rings (SSSR count). The molecule has 7 nitrogen and oxygen atoms in total. The Balaban J connectivity index is 1.61. The van der Waals surface area contributed by atoms with Crippen molar-refractivity contribution < 1.29 is 18.8 Å². The first kappa shape index (κ1) is 19.2. The maximum absolute atomic E-state index is 12.8. The number of hydrogen-bond acceptors (Lipinski definition) is 4. The third kappa shape index (κ3) is 4.23. The Morgan fingerprint density at radius 1 is 1.32 bits per heavy atom. The van der Waals surface area contributed by atoms with Crippen LogP contribution in [0, 0.1) is 12.3 Å². The van der Waals surface area contributed by atoms with Gasteiger partial charge in [0.25, 0.3) is 5.91 Å². The lowest BCUT2D eigenvalue weighted by Gasteiger charge is -2.27. The van der Waals surface area contributed by atoms with Gasteiger partial charge in [0.15, 0.2) is 5.76 Å². The van der Waals surface area contributed by atoms with E-state index in [0.29, 0.717) is 24.2 Å². The summed E-state index contributed by atoms with van der Waals surface area (Å²) in [4.78, 5) is 40.5. The molecule has 1 atom stereocenters. The number of benzene rings is 1. The van der Waals surface area contributed by atoms with E-state index < -0.39 is 6.04 Å². The van der Waals surface area contributed by atoms with Crippen molar-refractivity contribution in [2.75, 3.05) is 25.5 Å². The second-order valence-electron chi connectivity index (χ2n) is 6.60. The lowest BCUT2D eigenvalue weighted by Crippen LogP contribution is -2.48. The van der Waals surface area contributed by atoms with Crippen LogP contribution in [0.1, 0.15) is 29.0 Å². The molecule has 1 fully saturated rings.